The molecule has 2 rings (SSSR count). The average molecular weight is 295 g/mol. The maximum atomic E-state index is 11.2. The van der Waals surface area contributed by atoms with Crippen molar-refractivity contribution in [1.29, 1.82) is 0 Å². The number of nitrogens with zero attached hydrogens (tertiary/aromatic N) is 4. The fraction of sp³-hybridized carbons (Fsp3) is 0.667. The van der Waals surface area contributed by atoms with Crippen LogP contribution >= 0.6 is 0 Å². The Bertz CT molecular complexity index is 488. The number of hydrogen-bond acceptors (Lipinski definition) is 8. The van der Waals surface area contributed by atoms with Gasteiger partial charge in [-0.1, -0.05) is 6.92 Å². The van der Waals surface area contributed by atoms with Gasteiger partial charge in [0.25, 0.3) is 0 Å². The molecule has 0 saturated carbocycles. The number of anilines is 2. The summed E-state index contributed by atoms with van der Waals surface area (Å²) in [6.07, 6.45) is 4.27. The van der Waals surface area contributed by atoms with Gasteiger partial charge in [-0.15, -0.1) is 0 Å². The van der Waals surface area contributed by atoms with Gasteiger partial charge in [0.1, 0.15) is 6.33 Å². The molecular weight excluding hydrogens is 274 g/mol. The van der Waals surface area contributed by atoms with Crippen LogP contribution in [0.2, 0.25) is 0 Å². The molecule has 0 spiro atoms. The second kappa shape index (κ2) is 7.14. The van der Waals surface area contributed by atoms with Crippen molar-refractivity contribution < 1.29 is 4.92 Å². The first-order valence-corrected chi connectivity index (χ1v) is 7.10. The lowest BCUT2D eigenvalue weighted by molar-refractivity contribution is -0.383. The van der Waals surface area contributed by atoms with E-state index in [0.717, 1.165) is 38.9 Å². The number of hydrazine groups is 1. The minimum atomic E-state index is -0.524. The lowest BCUT2D eigenvalue weighted by atomic mass is 10.0. The molecule has 0 amide bonds. The molecule has 0 aliphatic carbocycles. The summed E-state index contributed by atoms with van der Waals surface area (Å²) in [6, 6.07) is 0.178. The van der Waals surface area contributed by atoms with Crippen LogP contribution < -0.4 is 16.6 Å². The van der Waals surface area contributed by atoms with E-state index in [9.17, 15) is 10.1 Å². The molecule has 0 bridgehead atoms. The first-order chi connectivity index (χ1) is 10.2. The van der Waals surface area contributed by atoms with Gasteiger partial charge in [-0.3, -0.25) is 10.1 Å². The molecule has 0 radical (unpaired) electrons. The zero-order valence-electron chi connectivity index (χ0n) is 12.1. The van der Waals surface area contributed by atoms with E-state index in [1.807, 2.05) is 0 Å². The van der Waals surface area contributed by atoms with Gasteiger partial charge in [0.05, 0.1) is 4.92 Å². The van der Waals surface area contributed by atoms with Crippen molar-refractivity contribution in [3.05, 3.63) is 16.4 Å². The third kappa shape index (κ3) is 3.76. The molecule has 0 unspecified atom stereocenters. The summed E-state index contributed by atoms with van der Waals surface area (Å²) in [6.45, 7) is 5.25. The maximum Gasteiger partial charge on any atom is 0.354 e. The average Bonchev–Trinajstić information content (AvgIpc) is 2.49. The Morgan fingerprint density at radius 2 is 2.10 bits per heavy atom. The lowest BCUT2D eigenvalue weighted by Gasteiger charge is -2.32. The highest BCUT2D eigenvalue weighted by Gasteiger charge is 2.26. The van der Waals surface area contributed by atoms with E-state index >= 15 is 0 Å². The van der Waals surface area contributed by atoms with Gasteiger partial charge in [0, 0.05) is 19.1 Å². The van der Waals surface area contributed by atoms with Gasteiger partial charge in [-0.2, -0.15) is 0 Å². The number of rotatable bonds is 6. The normalized spacial score (nSPS) is 16.7. The molecule has 1 aromatic rings. The molecule has 0 aromatic carbocycles. The van der Waals surface area contributed by atoms with E-state index in [1.165, 1.54) is 6.33 Å². The van der Waals surface area contributed by atoms with Crippen LogP contribution in [0.3, 0.4) is 0 Å². The summed E-state index contributed by atoms with van der Waals surface area (Å²) in [5.41, 5.74) is 2.03. The minimum absolute atomic E-state index is 0.0147. The zero-order valence-corrected chi connectivity index (χ0v) is 12.1. The number of nitro groups is 1. The second-order valence-electron chi connectivity index (χ2n) is 5.08. The van der Waals surface area contributed by atoms with E-state index in [-0.39, 0.29) is 23.4 Å². The van der Waals surface area contributed by atoms with Crippen LogP contribution in [0.5, 0.6) is 0 Å². The molecule has 9 heteroatoms. The monoisotopic (exact) mass is 295 g/mol. The predicted octanol–water partition coefficient (Wildman–Crippen LogP) is 0.957. The quantitative estimate of drug-likeness (QED) is 0.403. The van der Waals surface area contributed by atoms with Crippen LogP contribution in [0.25, 0.3) is 0 Å². The molecule has 21 heavy (non-hydrogen) atoms. The van der Waals surface area contributed by atoms with Crippen molar-refractivity contribution in [2.24, 2.45) is 5.84 Å². The van der Waals surface area contributed by atoms with Crippen LogP contribution in [0, 0.1) is 10.1 Å². The number of nitrogen functional groups attached to an aromatic ring is 1. The molecule has 9 nitrogen and oxygen atoms in total. The Morgan fingerprint density at radius 3 is 2.67 bits per heavy atom. The molecule has 2 heterocycles. The molecule has 1 saturated heterocycles. The Labute approximate surface area is 123 Å². The molecule has 1 fully saturated rings. The van der Waals surface area contributed by atoms with Crippen LogP contribution in [-0.2, 0) is 0 Å². The third-order valence-corrected chi connectivity index (χ3v) is 3.61. The van der Waals surface area contributed by atoms with E-state index in [4.69, 9.17) is 5.84 Å². The van der Waals surface area contributed by atoms with Crippen LogP contribution in [0.15, 0.2) is 6.33 Å². The highest BCUT2D eigenvalue weighted by molar-refractivity contribution is 5.69. The Balaban J connectivity index is 2.05. The molecule has 1 aliphatic rings. The van der Waals surface area contributed by atoms with E-state index in [2.05, 4.69) is 32.5 Å². The number of nitrogens with two attached hydrogens (primary N) is 1. The van der Waals surface area contributed by atoms with E-state index < -0.39 is 4.92 Å². The van der Waals surface area contributed by atoms with Crippen LogP contribution in [0.1, 0.15) is 26.2 Å². The molecule has 4 N–H and O–H groups in total. The number of hydrogen-bond donors (Lipinski definition) is 3. The molecular formula is C12H21N7O2. The number of piperidine rings is 1. The Kier molecular flexibility index (Phi) is 5.23. The van der Waals surface area contributed by atoms with Crippen molar-refractivity contribution in [3.63, 3.8) is 0 Å². The van der Waals surface area contributed by atoms with Gasteiger partial charge in [0.2, 0.25) is 11.6 Å². The summed E-state index contributed by atoms with van der Waals surface area (Å²) < 4.78 is 0. The first kappa shape index (κ1) is 15.4. The SMILES string of the molecule is CCCN1CCC(Nc2ncnc(NN)c2[N+](=O)[O-])CC1. The smallest absolute Gasteiger partial charge is 0.354 e. The fourth-order valence-electron chi connectivity index (χ4n) is 2.57. The van der Waals surface area contributed by atoms with E-state index in [0.29, 0.717) is 0 Å². The van der Waals surface area contributed by atoms with Gasteiger partial charge >= 0.3 is 5.69 Å². The van der Waals surface area contributed by atoms with E-state index in [1.54, 1.807) is 0 Å². The van der Waals surface area contributed by atoms with Gasteiger partial charge in [-0.25, -0.2) is 15.8 Å². The van der Waals surface area contributed by atoms with Gasteiger partial charge in [0.15, 0.2) is 0 Å². The summed E-state index contributed by atoms with van der Waals surface area (Å²) in [5.74, 6) is 5.50. The second-order valence-corrected chi connectivity index (χ2v) is 5.08. The molecule has 0 atom stereocenters. The number of likely N-dealkylation sites (tertiary alicyclic amines) is 1. The highest BCUT2D eigenvalue weighted by atomic mass is 16.6. The summed E-state index contributed by atoms with van der Waals surface area (Å²) in [4.78, 5) is 20.8. The largest absolute Gasteiger partial charge is 0.361 e. The van der Waals surface area contributed by atoms with Gasteiger partial charge < -0.3 is 15.6 Å². The van der Waals surface area contributed by atoms with Crippen LogP contribution in [0.4, 0.5) is 17.3 Å². The molecule has 116 valence electrons. The first-order valence-electron chi connectivity index (χ1n) is 7.10. The number of nitrogens with one attached hydrogen (secondary N) is 2. The highest BCUT2D eigenvalue weighted by Crippen LogP contribution is 2.29. The van der Waals surface area contributed by atoms with Crippen LogP contribution in [-0.4, -0.2) is 45.5 Å². The van der Waals surface area contributed by atoms with Crippen molar-refractivity contribution in [2.75, 3.05) is 30.4 Å². The topological polar surface area (TPSA) is 122 Å². The van der Waals surface area contributed by atoms with Crippen molar-refractivity contribution >= 4 is 17.3 Å². The molecule has 1 aromatic heterocycles. The zero-order chi connectivity index (χ0) is 15.2. The van der Waals surface area contributed by atoms with Crippen molar-refractivity contribution in [1.82, 2.24) is 14.9 Å². The Hall–Kier alpha value is -2.00. The molecule has 1 aliphatic heterocycles. The fourth-order valence-corrected chi connectivity index (χ4v) is 2.57. The summed E-state index contributed by atoms with van der Waals surface area (Å²) in [7, 11) is 0. The standard InChI is InChI=1S/C12H21N7O2/c1-2-5-18-6-3-9(4-7-18)16-11-10(19(20)21)12(17-13)15-8-14-11/h8-9H,2-7,13H2,1H3,(H2,14,15,16,17). The van der Waals surface area contributed by atoms with Gasteiger partial charge in [-0.05, 0) is 25.8 Å². The van der Waals surface area contributed by atoms with Crippen molar-refractivity contribution in [3.8, 4) is 0 Å². The maximum absolute atomic E-state index is 11.2. The lowest BCUT2D eigenvalue weighted by Crippen LogP contribution is -2.39. The predicted molar refractivity (Wildman–Crippen MR) is 79.9 cm³/mol. The minimum Gasteiger partial charge on any atom is -0.361 e. The summed E-state index contributed by atoms with van der Waals surface area (Å²) >= 11 is 0. The Morgan fingerprint density at radius 1 is 1.43 bits per heavy atom. The van der Waals surface area contributed by atoms with Crippen molar-refractivity contribution in [2.45, 2.75) is 32.2 Å². The summed E-state index contributed by atoms with van der Waals surface area (Å²) in [5, 5.41) is 14.3. The number of aromatic nitrogens is 2. The third-order valence-electron chi connectivity index (χ3n) is 3.61.